The molecule has 0 spiro atoms. The van der Waals surface area contributed by atoms with Crippen molar-refractivity contribution in [1.29, 1.82) is 0 Å². The summed E-state index contributed by atoms with van der Waals surface area (Å²) in [6.45, 7) is 0. The molecule has 0 amide bonds. The summed E-state index contributed by atoms with van der Waals surface area (Å²) >= 11 is 0. The molecule has 3 nitrogen and oxygen atoms in total. The summed E-state index contributed by atoms with van der Waals surface area (Å²) in [5, 5.41) is 7.41. The molecule has 0 N–H and O–H groups in total. The van der Waals surface area contributed by atoms with Gasteiger partial charge in [-0.2, -0.15) is 0 Å². The molecule has 0 saturated carbocycles. The van der Waals surface area contributed by atoms with Gasteiger partial charge in [0.05, 0.1) is 33.1 Å². The summed E-state index contributed by atoms with van der Waals surface area (Å²) < 4.78 is 7.38. The second-order valence-corrected chi connectivity index (χ2v) is 16.5. The number of aromatic nitrogens is 3. The number of fused-ring (bicyclic) bond motifs is 10. The molecule has 0 aliphatic rings. The van der Waals surface area contributed by atoms with Crippen LogP contribution >= 0.6 is 0 Å². The summed E-state index contributed by atoms with van der Waals surface area (Å²) in [4.78, 5) is 0. The van der Waals surface area contributed by atoms with E-state index < -0.39 is 0 Å². The van der Waals surface area contributed by atoms with Crippen molar-refractivity contribution in [3.05, 3.63) is 237 Å². The van der Waals surface area contributed by atoms with Gasteiger partial charge in [0.25, 0.3) is 0 Å². The lowest BCUT2D eigenvalue weighted by Gasteiger charge is -2.14. The number of hydrogen-bond donors (Lipinski definition) is 0. The maximum Gasteiger partial charge on any atom is 0.0795 e. The van der Waals surface area contributed by atoms with Crippen LogP contribution in [-0.4, -0.2) is 13.7 Å². The maximum absolute atomic E-state index is 2.48. The molecule has 13 rings (SSSR count). The Morgan fingerprint density at radius 3 is 1.19 bits per heavy atom. The Morgan fingerprint density at radius 1 is 0.222 bits per heavy atom. The normalized spacial score (nSPS) is 11.8. The van der Waals surface area contributed by atoms with Gasteiger partial charge in [0.2, 0.25) is 0 Å². The van der Waals surface area contributed by atoms with Crippen LogP contribution in [-0.2, 0) is 0 Å². The average molecular weight is 802 g/mol. The first kappa shape index (κ1) is 35.4. The highest BCUT2D eigenvalue weighted by Crippen LogP contribution is 2.47. The Labute approximate surface area is 364 Å². The first-order valence-electron chi connectivity index (χ1n) is 21.7. The van der Waals surface area contributed by atoms with E-state index in [4.69, 9.17) is 0 Å². The number of rotatable bonds is 6. The molecule has 294 valence electrons. The number of nitrogens with zero attached hydrogens (tertiary/aromatic N) is 3. The van der Waals surface area contributed by atoms with E-state index in [9.17, 15) is 0 Å². The van der Waals surface area contributed by atoms with E-state index in [1.54, 1.807) is 0 Å². The zero-order valence-corrected chi connectivity index (χ0v) is 34.4. The number of para-hydroxylation sites is 4. The molecular weight excluding hydrogens is 763 g/mol. The second-order valence-electron chi connectivity index (χ2n) is 16.5. The first-order valence-corrected chi connectivity index (χ1v) is 21.7. The minimum Gasteiger partial charge on any atom is -0.309 e. The van der Waals surface area contributed by atoms with Gasteiger partial charge in [-0.3, -0.25) is 0 Å². The molecule has 3 heterocycles. The first-order chi connectivity index (χ1) is 31.3. The van der Waals surface area contributed by atoms with Gasteiger partial charge in [-0.15, -0.1) is 0 Å². The van der Waals surface area contributed by atoms with Crippen molar-refractivity contribution < 1.29 is 0 Å². The van der Waals surface area contributed by atoms with Gasteiger partial charge in [0.1, 0.15) is 0 Å². The average Bonchev–Trinajstić information content (AvgIpc) is 4.00. The van der Waals surface area contributed by atoms with Gasteiger partial charge >= 0.3 is 0 Å². The smallest absolute Gasteiger partial charge is 0.0795 e. The van der Waals surface area contributed by atoms with Crippen LogP contribution in [0.15, 0.2) is 237 Å². The molecule has 0 fully saturated rings. The number of hydrogen-bond acceptors (Lipinski definition) is 0. The van der Waals surface area contributed by atoms with Gasteiger partial charge in [0.15, 0.2) is 0 Å². The van der Waals surface area contributed by atoms with Crippen LogP contribution in [0.2, 0.25) is 0 Å². The van der Waals surface area contributed by atoms with Crippen LogP contribution in [0.5, 0.6) is 0 Å². The molecule has 10 aromatic carbocycles. The molecule has 0 atom stereocenters. The zero-order chi connectivity index (χ0) is 41.4. The van der Waals surface area contributed by atoms with E-state index in [0.717, 1.165) is 17.1 Å². The van der Waals surface area contributed by atoms with E-state index in [1.165, 1.54) is 98.8 Å². The molecule has 3 aromatic heterocycles. The van der Waals surface area contributed by atoms with Gasteiger partial charge < -0.3 is 13.7 Å². The fourth-order valence-electron chi connectivity index (χ4n) is 10.2. The fourth-order valence-corrected chi connectivity index (χ4v) is 10.2. The highest BCUT2D eigenvalue weighted by molar-refractivity contribution is 6.28. The Balaban J connectivity index is 1.07. The van der Waals surface area contributed by atoms with Crippen LogP contribution in [0.1, 0.15) is 0 Å². The van der Waals surface area contributed by atoms with Crippen molar-refractivity contribution in [2.75, 3.05) is 0 Å². The van der Waals surface area contributed by atoms with E-state index in [-0.39, 0.29) is 0 Å². The minimum atomic E-state index is 1.13. The Morgan fingerprint density at radius 2 is 0.635 bits per heavy atom. The zero-order valence-electron chi connectivity index (χ0n) is 34.4. The lowest BCUT2D eigenvalue weighted by Crippen LogP contribution is -1.99. The fraction of sp³-hybridized carbons (Fsp3) is 0. The van der Waals surface area contributed by atoms with E-state index in [2.05, 4.69) is 250 Å². The Hall–Kier alpha value is -8.40. The van der Waals surface area contributed by atoms with Gasteiger partial charge in [-0.25, -0.2) is 0 Å². The topological polar surface area (TPSA) is 14.8 Å². The van der Waals surface area contributed by atoms with Crippen LogP contribution in [0.3, 0.4) is 0 Å². The van der Waals surface area contributed by atoms with Gasteiger partial charge in [-0.1, -0.05) is 158 Å². The predicted octanol–water partition coefficient (Wildman–Crippen LogP) is 16.0. The third-order valence-corrected chi connectivity index (χ3v) is 13.0. The number of benzene rings is 10. The molecule has 0 unspecified atom stereocenters. The molecule has 0 aliphatic carbocycles. The van der Waals surface area contributed by atoms with E-state index >= 15 is 0 Å². The van der Waals surface area contributed by atoms with Crippen LogP contribution in [0.4, 0.5) is 0 Å². The second kappa shape index (κ2) is 14.1. The van der Waals surface area contributed by atoms with E-state index in [0.29, 0.717) is 0 Å². The standard InChI is InChI=1S/C60H39N3/c1-5-17-40(18-6-1)43-31-35-56-51(37-43)52-38-44(41-19-7-2-8-20-41)32-36-57(52)61(56)47-33-29-42(30-34-47)50-39-53-48-25-13-15-27-54(48)62(45-21-9-3-10-22-45)59(53)60-58(50)49-26-14-16-28-55(49)63(60)46-23-11-4-12-24-46/h1-39H. The molecule has 13 aromatic rings. The quantitative estimate of drug-likeness (QED) is 0.159. The Bertz CT molecular complexity index is 3760. The third kappa shape index (κ3) is 5.46. The summed E-state index contributed by atoms with van der Waals surface area (Å²) in [5.41, 5.74) is 17.8. The predicted molar refractivity (Wildman–Crippen MR) is 266 cm³/mol. The minimum absolute atomic E-state index is 1.13. The SMILES string of the molecule is c1ccc(-c2ccc3c(c2)c2cc(-c4ccccc4)ccc2n3-c2ccc(-c3cc4c5ccccc5n(-c5ccccc5)c4c4c3c3ccccc3n4-c3ccccc3)cc2)cc1. The molecule has 0 bridgehead atoms. The summed E-state index contributed by atoms with van der Waals surface area (Å²) in [5.74, 6) is 0. The lowest BCUT2D eigenvalue weighted by atomic mass is 9.96. The van der Waals surface area contributed by atoms with Gasteiger partial charge in [-0.05, 0) is 112 Å². The molecule has 63 heavy (non-hydrogen) atoms. The third-order valence-electron chi connectivity index (χ3n) is 13.0. The van der Waals surface area contributed by atoms with Crippen molar-refractivity contribution in [3.63, 3.8) is 0 Å². The molecule has 0 aliphatic heterocycles. The molecular formula is C60H39N3. The molecule has 3 heteroatoms. The monoisotopic (exact) mass is 801 g/mol. The largest absolute Gasteiger partial charge is 0.309 e. The maximum atomic E-state index is 2.48. The molecule has 0 radical (unpaired) electrons. The van der Waals surface area contributed by atoms with Crippen LogP contribution in [0, 0.1) is 0 Å². The van der Waals surface area contributed by atoms with Crippen molar-refractivity contribution in [2.24, 2.45) is 0 Å². The van der Waals surface area contributed by atoms with Crippen molar-refractivity contribution in [2.45, 2.75) is 0 Å². The van der Waals surface area contributed by atoms with Crippen molar-refractivity contribution >= 4 is 65.4 Å². The van der Waals surface area contributed by atoms with Crippen molar-refractivity contribution in [1.82, 2.24) is 13.7 Å². The van der Waals surface area contributed by atoms with Crippen molar-refractivity contribution in [3.8, 4) is 50.4 Å². The summed E-state index contributed by atoms with van der Waals surface area (Å²) in [6, 6.07) is 86.4. The highest BCUT2D eigenvalue weighted by atomic mass is 15.0. The lowest BCUT2D eigenvalue weighted by molar-refractivity contribution is 1.15. The highest BCUT2D eigenvalue weighted by Gasteiger charge is 2.24. The van der Waals surface area contributed by atoms with Crippen LogP contribution in [0.25, 0.3) is 116 Å². The van der Waals surface area contributed by atoms with Crippen LogP contribution < -0.4 is 0 Å². The summed E-state index contributed by atoms with van der Waals surface area (Å²) in [6.07, 6.45) is 0. The Kier molecular flexibility index (Phi) is 7.91. The summed E-state index contributed by atoms with van der Waals surface area (Å²) in [7, 11) is 0. The van der Waals surface area contributed by atoms with Gasteiger partial charge in [0, 0.05) is 49.4 Å². The van der Waals surface area contributed by atoms with E-state index in [1.807, 2.05) is 0 Å². The molecule has 0 saturated heterocycles.